The quantitative estimate of drug-likeness (QED) is 0.302. The molecule has 0 spiro atoms. The fourth-order valence-electron chi connectivity index (χ4n) is 5.23. The molecule has 0 bridgehead atoms. The normalized spacial score (nSPS) is 18.9. The summed E-state index contributed by atoms with van der Waals surface area (Å²) in [6, 6.07) is 8.89. The van der Waals surface area contributed by atoms with Crippen LogP contribution < -0.4 is 0 Å². The Hall–Kier alpha value is -1.70. The van der Waals surface area contributed by atoms with E-state index in [0.29, 0.717) is 5.92 Å². The predicted octanol–water partition coefficient (Wildman–Crippen LogP) is 8.90. The summed E-state index contributed by atoms with van der Waals surface area (Å²) in [7, 11) is 0. The van der Waals surface area contributed by atoms with Crippen LogP contribution in [-0.4, -0.2) is 9.97 Å². The predicted molar refractivity (Wildman–Crippen MR) is 133 cm³/mol. The number of hydrogen-bond donors (Lipinski definition) is 0. The van der Waals surface area contributed by atoms with Crippen LogP contribution in [0.3, 0.4) is 0 Å². The highest BCUT2D eigenvalue weighted by Crippen LogP contribution is 2.40. The monoisotopic (exact) mass is 420 g/mol. The standard InChI is InChI=1S/C29H44N2/c1-3-5-7-8-9-11-15-25-22-30-29(31-23-25)28-17-13-12-16-27(28)26-20-18-24(19-21-26)14-10-6-4-2/h12-13,16-17,22-24,26H,3-11,14-15,18-21H2,1-2H3. The highest BCUT2D eigenvalue weighted by atomic mass is 14.9. The average Bonchev–Trinajstić information content (AvgIpc) is 2.82. The van der Waals surface area contributed by atoms with Crippen molar-refractivity contribution < 1.29 is 0 Å². The van der Waals surface area contributed by atoms with Crippen LogP contribution in [0.5, 0.6) is 0 Å². The molecule has 1 saturated carbocycles. The minimum Gasteiger partial charge on any atom is -0.236 e. The van der Waals surface area contributed by atoms with Gasteiger partial charge in [-0.3, -0.25) is 0 Å². The van der Waals surface area contributed by atoms with Gasteiger partial charge in [-0.2, -0.15) is 0 Å². The molecule has 2 nitrogen and oxygen atoms in total. The Kier molecular flexibility index (Phi) is 10.6. The van der Waals surface area contributed by atoms with E-state index in [1.165, 1.54) is 107 Å². The number of hydrogen-bond acceptors (Lipinski definition) is 2. The van der Waals surface area contributed by atoms with Crippen molar-refractivity contribution in [2.24, 2.45) is 5.92 Å². The number of aromatic nitrogens is 2. The lowest BCUT2D eigenvalue weighted by molar-refractivity contribution is 0.303. The molecule has 1 heterocycles. The molecule has 3 rings (SSSR count). The maximum absolute atomic E-state index is 4.79. The van der Waals surface area contributed by atoms with Crippen molar-refractivity contribution >= 4 is 0 Å². The molecule has 0 N–H and O–H groups in total. The summed E-state index contributed by atoms with van der Waals surface area (Å²) >= 11 is 0. The molecule has 2 aromatic rings. The summed E-state index contributed by atoms with van der Waals surface area (Å²) < 4.78 is 0. The van der Waals surface area contributed by atoms with Crippen LogP contribution in [0.25, 0.3) is 11.4 Å². The maximum Gasteiger partial charge on any atom is 0.159 e. The first-order valence-corrected chi connectivity index (χ1v) is 13.2. The van der Waals surface area contributed by atoms with Crippen molar-refractivity contribution in [1.82, 2.24) is 9.97 Å². The van der Waals surface area contributed by atoms with E-state index in [4.69, 9.17) is 9.97 Å². The summed E-state index contributed by atoms with van der Waals surface area (Å²) in [5.41, 5.74) is 4.01. The number of rotatable bonds is 13. The molecule has 0 amide bonds. The van der Waals surface area contributed by atoms with Gasteiger partial charge in [0.2, 0.25) is 0 Å². The molecule has 0 saturated heterocycles. The SMILES string of the molecule is CCCCCCCCc1cnc(-c2ccccc2C2CCC(CCCCC)CC2)nc1. The van der Waals surface area contributed by atoms with Crippen LogP contribution in [0.2, 0.25) is 0 Å². The van der Waals surface area contributed by atoms with E-state index in [2.05, 4.69) is 50.5 Å². The molecule has 0 unspecified atom stereocenters. The number of benzene rings is 1. The van der Waals surface area contributed by atoms with Crippen LogP contribution in [0, 0.1) is 5.92 Å². The molecule has 0 atom stereocenters. The van der Waals surface area contributed by atoms with Crippen molar-refractivity contribution in [3.8, 4) is 11.4 Å². The lowest BCUT2D eigenvalue weighted by atomic mass is 9.76. The van der Waals surface area contributed by atoms with E-state index in [1.54, 1.807) is 0 Å². The second-order valence-corrected chi connectivity index (χ2v) is 9.73. The molecule has 1 aromatic heterocycles. The van der Waals surface area contributed by atoms with Gasteiger partial charge in [0.05, 0.1) is 0 Å². The first-order valence-electron chi connectivity index (χ1n) is 13.2. The molecule has 1 aliphatic carbocycles. The molecule has 1 fully saturated rings. The summed E-state index contributed by atoms with van der Waals surface area (Å²) in [4.78, 5) is 9.57. The Balaban J connectivity index is 1.54. The summed E-state index contributed by atoms with van der Waals surface area (Å²) in [6.45, 7) is 4.58. The largest absolute Gasteiger partial charge is 0.236 e. The minimum atomic E-state index is 0.671. The van der Waals surface area contributed by atoms with Crippen molar-refractivity contribution in [2.45, 2.75) is 116 Å². The Bertz CT molecular complexity index is 729. The zero-order valence-electron chi connectivity index (χ0n) is 20.1. The summed E-state index contributed by atoms with van der Waals surface area (Å²) in [5, 5.41) is 0. The van der Waals surface area contributed by atoms with Gasteiger partial charge >= 0.3 is 0 Å². The van der Waals surface area contributed by atoms with E-state index in [9.17, 15) is 0 Å². The molecule has 170 valence electrons. The van der Waals surface area contributed by atoms with Crippen LogP contribution in [0.4, 0.5) is 0 Å². The van der Waals surface area contributed by atoms with Gasteiger partial charge in [0.25, 0.3) is 0 Å². The van der Waals surface area contributed by atoms with Gasteiger partial charge in [-0.25, -0.2) is 9.97 Å². The first kappa shape index (κ1) is 24.0. The van der Waals surface area contributed by atoms with Gasteiger partial charge in [0, 0.05) is 18.0 Å². The molecule has 1 aliphatic rings. The second kappa shape index (κ2) is 13.7. The molecular formula is C29H44N2. The van der Waals surface area contributed by atoms with Gasteiger partial charge in [-0.15, -0.1) is 0 Å². The number of aryl methyl sites for hydroxylation is 1. The lowest BCUT2D eigenvalue weighted by Crippen LogP contribution is -2.14. The van der Waals surface area contributed by atoms with Gasteiger partial charge < -0.3 is 0 Å². The third-order valence-electron chi connectivity index (χ3n) is 7.23. The highest BCUT2D eigenvalue weighted by Gasteiger charge is 2.24. The van der Waals surface area contributed by atoms with Gasteiger partial charge in [0.15, 0.2) is 5.82 Å². The fourth-order valence-corrected chi connectivity index (χ4v) is 5.23. The Morgan fingerprint density at radius 2 is 1.39 bits per heavy atom. The maximum atomic E-state index is 4.79. The topological polar surface area (TPSA) is 25.8 Å². The van der Waals surface area contributed by atoms with Gasteiger partial charge in [0.1, 0.15) is 0 Å². The van der Waals surface area contributed by atoms with Crippen LogP contribution in [-0.2, 0) is 6.42 Å². The minimum absolute atomic E-state index is 0.671. The zero-order valence-corrected chi connectivity index (χ0v) is 20.1. The van der Waals surface area contributed by atoms with Crippen molar-refractivity contribution in [2.75, 3.05) is 0 Å². The van der Waals surface area contributed by atoms with Crippen LogP contribution in [0.1, 0.15) is 121 Å². The molecule has 1 aromatic carbocycles. The van der Waals surface area contributed by atoms with E-state index in [-0.39, 0.29) is 0 Å². The van der Waals surface area contributed by atoms with Crippen LogP contribution in [0.15, 0.2) is 36.7 Å². The van der Waals surface area contributed by atoms with E-state index >= 15 is 0 Å². The lowest BCUT2D eigenvalue weighted by Gasteiger charge is -2.30. The average molecular weight is 421 g/mol. The summed E-state index contributed by atoms with van der Waals surface area (Å²) in [5.74, 6) is 2.53. The zero-order chi connectivity index (χ0) is 21.7. The molecule has 0 aliphatic heterocycles. The van der Waals surface area contributed by atoms with Gasteiger partial charge in [-0.1, -0.05) is 95.9 Å². The molecule has 31 heavy (non-hydrogen) atoms. The Morgan fingerprint density at radius 3 is 2.13 bits per heavy atom. The molecular weight excluding hydrogens is 376 g/mol. The van der Waals surface area contributed by atoms with Crippen molar-refractivity contribution in [3.05, 3.63) is 47.8 Å². The third-order valence-corrected chi connectivity index (χ3v) is 7.23. The van der Waals surface area contributed by atoms with Crippen molar-refractivity contribution in [3.63, 3.8) is 0 Å². The number of nitrogens with zero attached hydrogens (tertiary/aromatic N) is 2. The number of unbranched alkanes of at least 4 members (excludes halogenated alkanes) is 7. The van der Waals surface area contributed by atoms with E-state index < -0.39 is 0 Å². The van der Waals surface area contributed by atoms with Crippen LogP contribution >= 0.6 is 0 Å². The smallest absolute Gasteiger partial charge is 0.159 e. The Labute approximate surface area is 191 Å². The third kappa shape index (κ3) is 7.74. The fraction of sp³-hybridized carbons (Fsp3) is 0.655. The van der Waals surface area contributed by atoms with Crippen molar-refractivity contribution in [1.29, 1.82) is 0 Å². The molecule has 2 heteroatoms. The van der Waals surface area contributed by atoms with E-state index in [0.717, 1.165) is 18.2 Å². The Morgan fingerprint density at radius 1 is 0.742 bits per heavy atom. The summed E-state index contributed by atoms with van der Waals surface area (Å²) in [6.07, 6.45) is 24.3. The van der Waals surface area contributed by atoms with Gasteiger partial charge in [-0.05, 0) is 61.5 Å². The van der Waals surface area contributed by atoms with E-state index in [1.807, 2.05) is 0 Å². The highest BCUT2D eigenvalue weighted by molar-refractivity contribution is 5.61. The molecule has 0 radical (unpaired) electrons. The first-order chi connectivity index (χ1) is 15.3. The second-order valence-electron chi connectivity index (χ2n) is 9.73.